The standard InChI is InChI=1S/C17H32N2O4/c1-5-7-11(8-6-2)15(19-10(3)20)14-13(18)9-12(16(14)21)17(22)23-4/h11-16,21H,5-9,18H2,1-4H3,(H,19,20). The number of carbonyl (C=O) groups excluding carboxylic acids is 2. The second-order valence-electron chi connectivity index (χ2n) is 6.66. The van der Waals surface area contributed by atoms with E-state index < -0.39 is 18.0 Å². The topological polar surface area (TPSA) is 102 Å². The van der Waals surface area contributed by atoms with Gasteiger partial charge in [0.05, 0.1) is 19.1 Å². The molecule has 6 heteroatoms. The number of esters is 1. The van der Waals surface area contributed by atoms with Crippen LogP contribution in [0, 0.1) is 17.8 Å². The zero-order chi connectivity index (χ0) is 17.6. The minimum Gasteiger partial charge on any atom is -0.469 e. The van der Waals surface area contributed by atoms with E-state index in [1.807, 2.05) is 0 Å². The molecule has 1 rings (SSSR count). The summed E-state index contributed by atoms with van der Waals surface area (Å²) in [6, 6.07) is -0.547. The van der Waals surface area contributed by atoms with Crippen molar-refractivity contribution < 1.29 is 19.4 Å². The highest BCUT2D eigenvalue weighted by molar-refractivity contribution is 5.74. The van der Waals surface area contributed by atoms with Crippen molar-refractivity contribution in [1.82, 2.24) is 5.32 Å². The van der Waals surface area contributed by atoms with E-state index in [0.29, 0.717) is 6.42 Å². The summed E-state index contributed by atoms with van der Waals surface area (Å²) in [7, 11) is 1.32. The number of hydrogen-bond acceptors (Lipinski definition) is 5. The van der Waals surface area contributed by atoms with E-state index in [1.165, 1.54) is 14.0 Å². The molecule has 0 aliphatic heterocycles. The smallest absolute Gasteiger partial charge is 0.311 e. The van der Waals surface area contributed by atoms with Crippen molar-refractivity contribution in [3.8, 4) is 0 Å². The second-order valence-corrected chi connectivity index (χ2v) is 6.66. The Labute approximate surface area is 139 Å². The van der Waals surface area contributed by atoms with E-state index >= 15 is 0 Å². The van der Waals surface area contributed by atoms with Gasteiger partial charge in [-0.05, 0) is 25.2 Å². The fourth-order valence-electron chi connectivity index (χ4n) is 3.99. The largest absolute Gasteiger partial charge is 0.469 e. The number of carbonyl (C=O) groups is 2. The maximum Gasteiger partial charge on any atom is 0.311 e. The molecule has 4 N–H and O–H groups in total. The number of aliphatic hydroxyl groups is 1. The molecule has 5 atom stereocenters. The van der Waals surface area contributed by atoms with Crippen molar-refractivity contribution in [2.75, 3.05) is 7.11 Å². The summed E-state index contributed by atoms with van der Waals surface area (Å²) in [5.41, 5.74) is 6.24. The van der Waals surface area contributed by atoms with Gasteiger partial charge in [-0.15, -0.1) is 0 Å². The first-order valence-corrected chi connectivity index (χ1v) is 8.65. The molecule has 0 aromatic heterocycles. The Morgan fingerprint density at radius 3 is 2.30 bits per heavy atom. The first-order chi connectivity index (χ1) is 10.9. The molecule has 0 bridgehead atoms. The van der Waals surface area contributed by atoms with Gasteiger partial charge in [-0.2, -0.15) is 0 Å². The molecule has 1 fully saturated rings. The molecule has 0 heterocycles. The average Bonchev–Trinajstić information content (AvgIpc) is 2.79. The molecule has 1 saturated carbocycles. The first-order valence-electron chi connectivity index (χ1n) is 8.65. The molecule has 1 aliphatic rings. The molecule has 0 saturated heterocycles. The molecular formula is C17H32N2O4. The van der Waals surface area contributed by atoms with E-state index in [1.54, 1.807) is 0 Å². The maximum atomic E-state index is 11.9. The number of methoxy groups -OCH3 is 1. The van der Waals surface area contributed by atoms with Gasteiger partial charge < -0.3 is 20.9 Å². The van der Waals surface area contributed by atoms with Gasteiger partial charge in [0.1, 0.15) is 0 Å². The van der Waals surface area contributed by atoms with Gasteiger partial charge in [0, 0.05) is 24.9 Å². The van der Waals surface area contributed by atoms with Crippen molar-refractivity contribution in [2.45, 2.75) is 71.1 Å². The van der Waals surface area contributed by atoms with Gasteiger partial charge in [0.25, 0.3) is 0 Å². The third-order valence-corrected chi connectivity index (χ3v) is 4.94. The Kier molecular flexibility index (Phi) is 7.99. The van der Waals surface area contributed by atoms with Crippen LogP contribution in [0.15, 0.2) is 0 Å². The van der Waals surface area contributed by atoms with Crippen LogP contribution < -0.4 is 11.1 Å². The van der Waals surface area contributed by atoms with E-state index in [-0.39, 0.29) is 29.8 Å². The molecule has 6 nitrogen and oxygen atoms in total. The van der Waals surface area contributed by atoms with Crippen LogP contribution >= 0.6 is 0 Å². The third-order valence-electron chi connectivity index (χ3n) is 4.94. The van der Waals surface area contributed by atoms with Crippen LogP contribution in [0.3, 0.4) is 0 Å². The normalized spacial score (nSPS) is 28.7. The first kappa shape index (κ1) is 19.9. The second kappa shape index (κ2) is 9.23. The molecule has 1 aliphatic carbocycles. The van der Waals surface area contributed by atoms with Crippen LogP contribution in [0.25, 0.3) is 0 Å². The fraction of sp³-hybridized carbons (Fsp3) is 0.882. The van der Waals surface area contributed by atoms with Gasteiger partial charge >= 0.3 is 5.97 Å². The molecule has 0 aromatic carbocycles. The zero-order valence-electron chi connectivity index (χ0n) is 14.7. The lowest BCUT2D eigenvalue weighted by Crippen LogP contribution is -2.52. The zero-order valence-corrected chi connectivity index (χ0v) is 14.7. The number of nitrogens with one attached hydrogen (secondary N) is 1. The number of ether oxygens (including phenoxy) is 1. The SMILES string of the molecule is CCCC(CCC)C(NC(C)=O)C1C(N)CC(C(=O)OC)C1O. The molecule has 5 unspecified atom stereocenters. The molecule has 134 valence electrons. The maximum absolute atomic E-state index is 11.9. The lowest BCUT2D eigenvalue weighted by molar-refractivity contribution is -0.149. The van der Waals surface area contributed by atoms with Crippen LogP contribution in [0.2, 0.25) is 0 Å². The summed E-state index contributed by atoms with van der Waals surface area (Å²) in [6.07, 6.45) is 3.42. The molecule has 1 amide bonds. The average molecular weight is 328 g/mol. The highest BCUT2D eigenvalue weighted by atomic mass is 16.5. The third kappa shape index (κ3) is 4.91. The predicted molar refractivity (Wildman–Crippen MR) is 88.5 cm³/mol. The molecule has 0 radical (unpaired) electrons. The summed E-state index contributed by atoms with van der Waals surface area (Å²) in [5, 5.41) is 13.7. The summed E-state index contributed by atoms with van der Waals surface area (Å²) in [6.45, 7) is 5.69. The number of aliphatic hydroxyl groups excluding tert-OH is 1. The van der Waals surface area contributed by atoms with Gasteiger partial charge in [0.15, 0.2) is 0 Å². The van der Waals surface area contributed by atoms with Crippen LogP contribution in [0.5, 0.6) is 0 Å². The molecule has 0 aromatic rings. The molecule has 23 heavy (non-hydrogen) atoms. The van der Waals surface area contributed by atoms with E-state index in [4.69, 9.17) is 10.5 Å². The Morgan fingerprint density at radius 2 is 1.87 bits per heavy atom. The quantitative estimate of drug-likeness (QED) is 0.581. The van der Waals surface area contributed by atoms with Gasteiger partial charge in [-0.1, -0.05) is 26.7 Å². The van der Waals surface area contributed by atoms with Gasteiger partial charge in [0.2, 0.25) is 5.91 Å². The Balaban J connectivity index is 3.04. The minimum absolute atomic E-state index is 0.131. The van der Waals surface area contributed by atoms with Crippen LogP contribution in [0.4, 0.5) is 0 Å². The number of amides is 1. The van der Waals surface area contributed by atoms with Gasteiger partial charge in [-0.3, -0.25) is 9.59 Å². The summed E-state index contributed by atoms with van der Waals surface area (Å²) < 4.78 is 4.78. The lowest BCUT2D eigenvalue weighted by atomic mass is 9.79. The van der Waals surface area contributed by atoms with Crippen LogP contribution in [-0.4, -0.2) is 42.3 Å². The van der Waals surface area contributed by atoms with E-state index in [9.17, 15) is 14.7 Å². The molecule has 0 spiro atoms. The number of nitrogens with two attached hydrogens (primary N) is 1. The Morgan fingerprint density at radius 1 is 1.30 bits per heavy atom. The summed E-state index contributed by atoms with van der Waals surface area (Å²) in [4.78, 5) is 23.5. The van der Waals surface area contributed by atoms with Crippen LogP contribution in [-0.2, 0) is 14.3 Å². The van der Waals surface area contributed by atoms with Crippen molar-refractivity contribution in [1.29, 1.82) is 0 Å². The Hall–Kier alpha value is -1.14. The van der Waals surface area contributed by atoms with E-state index in [2.05, 4.69) is 19.2 Å². The predicted octanol–water partition coefficient (Wildman–Crippen LogP) is 1.20. The molecular weight excluding hydrogens is 296 g/mol. The van der Waals surface area contributed by atoms with E-state index in [0.717, 1.165) is 25.7 Å². The van der Waals surface area contributed by atoms with Crippen LogP contribution in [0.1, 0.15) is 52.9 Å². The lowest BCUT2D eigenvalue weighted by Gasteiger charge is -2.36. The monoisotopic (exact) mass is 328 g/mol. The number of rotatable bonds is 8. The fourth-order valence-corrected chi connectivity index (χ4v) is 3.99. The van der Waals surface area contributed by atoms with Crippen molar-refractivity contribution >= 4 is 11.9 Å². The minimum atomic E-state index is -0.884. The van der Waals surface area contributed by atoms with Crippen molar-refractivity contribution in [3.05, 3.63) is 0 Å². The summed E-state index contributed by atoms with van der Waals surface area (Å²) >= 11 is 0. The highest BCUT2D eigenvalue weighted by Crippen LogP contribution is 2.37. The van der Waals surface area contributed by atoms with Crippen molar-refractivity contribution in [2.24, 2.45) is 23.5 Å². The highest BCUT2D eigenvalue weighted by Gasteiger charge is 2.49. The summed E-state index contributed by atoms with van der Waals surface area (Å²) in [5.74, 6) is -1.25. The van der Waals surface area contributed by atoms with Gasteiger partial charge in [-0.25, -0.2) is 0 Å². The van der Waals surface area contributed by atoms with Crippen molar-refractivity contribution in [3.63, 3.8) is 0 Å². The Bertz CT molecular complexity index is 396. The number of hydrogen-bond donors (Lipinski definition) is 3.